The number of nitrogens with zero attached hydrogens (tertiary/aromatic N) is 2. The number of halogens is 1. The largest absolute Gasteiger partial charge is 0.491 e. The van der Waals surface area contributed by atoms with Crippen LogP contribution >= 0.6 is 0 Å². The Morgan fingerprint density at radius 3 is 2.69 bits per heavy atom. The highest BCUT2D eigenvalue weighted by molar-refractivity contribution is 5.95. The van der Waals surface area contributed by atoms with E-state index in [2.05, 4.69) is 20.6 Å². The fourth-order valence-corrected chi connectivity index (χ4v) is 3.84. The first kappa shape index (κ1) is 19.8. The van der Waals surface area contributed by atoms with Crippen LogP contribution in [-0.4, -0.2) is 41.2 Å². The van der Waals surface area contributed by atoms with E-state index in [1.54, 1.807) is 12.4 Å². The lowest BCUT2D eigenvalue weighted by Crippen LogP contribution is -2.38. The van der Waals surface area contributed by atoms with Crippen LogP contribution in [0.15, 0.2) is 24.5 Å². The third-order valence-corrected chi connectivity index (χ3v) is 5.64. The topological polar surface area (TPSA) is 76.1 Å². The van der Waals surface area contributed by atoms with Crippen LogP contribution in [-0.2, 0) is 4.79 Å². The van der Waals surface area contributed by atoms with Crippen molar-refractivity contribution in [3.8, 4) is 16.9 Å². The molecule has 0 bridgehead atoms. The molecule has 29 heavy (non-hydrogen) atoms. The van der Waals surface area contributed by atoms with Crippen molar-refractivity contribution < 1.29 is 13.9 Å². The summed E-state index contributed by atoms with van der Waals surface area (Å²) >= 11 is 0. The Labute approximate surface area is 170 Å². The molecule has 2 aromatic rings. The molecule has 4 rings (SSSR count). The molecule has 1 aliphatic carbocycles. The summed E-state index contributed by atoms with van der Waals surface area (Å²) in [7, 11) is 0. The standard InChI is InChI=1S/C22H27FN4O2/c1-13-21(14(2)26-12-25-13)18-9-15(27-22(28)17-10-19(17)23)6-7-20(18)29-11-16-5-3-4-8-24-16/h6-7,9,12,16-17,19,24H,3-5,8,10-11H2,1-2H3,(H,27,28)/t16-,17-,19+/m1/s1. The van der Waals surface area contributed by atoms with Gasteiger partial charge in [-0.05, 0) is 57.9 Å². The summed E-state index contributed by atoms with van der Waals surface area (Å²) in [6.45, 7) is 5.46. The van der Waals surface area contributed by atoms with Crippen molar-refractivity contribution in [2.45, 2.75) is 51.7 Å². The van der Waals surface area contributed by atoms with Gasteiger partial charge in [-0.1, -0.05) is 6.42 Å². The average Bonchev–Trinajstić information content (AvgIpc) is 3.45. The van der Waals surface area contributed by atoms with Crippen LogP contribution in [0, 0.1) is 19.8 Å². The van der Waals surface area contributed by atoms with Crippen LogP contribution in [0.5, 0.6) is 5.75 Å². The number of benzene rings is 1. The fraction of sp³-hybridized carbons (Fsp3) is 0.500. The summed E-state index contributed by atoms with van der Waals surface area (Å²) in [6.07, 6.45) is 4.34. The van der Waals surface area contributed by atoms with E-state index in [-0.39, 0.29) is 5.91 Å². The Morgan fingerprint density at radius 1 is 1.28 bits per heavy atom. The number of anilines is 1. The zero-order valence-corrected chi connectivity index (χ0v) is 16.9. The van der Waals surface area contributed by atoms with Gasteiger partial charge in [-0.3, -0.25) is 4.79 Å². The quantitative estimate of drug-likeness (QED) is 0.778. The molecule has 0 unspecified atom stereocenters. The molecule has 2 fully saturated rings. The van der Waals surface area contributed by atoms with Gasteiger partial charge in [0, 0.05) is 34.2 Å². The number of hydrogen-bond donors (Lipinski definition) is 2. The van der Waals surface area contributed by atoms with Gasteiger partial charge in [-0.15, -0.1) is 0 Å². The number of alkyl halides is 1. The fourth-order valence-electron chi connectivity index (χ4n) is 3.84. The summed E-state index contributed by atoms with van der Waals surface area (Å²) in [5, 5.41) is 6.32. The maximum Gasteiger partial charge on any atom is 0.230 e. The molecule has 0 radical (unpaired) electrons. The van der Waals surface area contributed by atoms with Gasteiger partial charge in [0.1, 0.15) is 24.9 Å². The minimum atomic E-state index is -1.02. The normalized spacial score (nSPS) is 23.5. The van der Waals surface area contributed by atoms with Gasteiger partial charge in [0.25, 0.3) is 0 Å². The molecule has 0 spiro atoms. The van der Waals surface area contributed by atoms with E-state index in [1.807, 2.05) is 26.0 Å². The Bertz CT molecular complexity index is 878. The number of hydrogen-bond acceptors (Lipinski definition) is 5. The molecule has 1 saturated carbocycles. The number of aryl methyl sites for hydroxylation is 2. The van der Waals surface area contributed by atoms with Crippen molar-refractivity contribution in [3.63, 3.8) is 0 Å². The summed E-state index contributed by atoms with van der Waals surface area (Å²) in [5.41, 5.74) is 4.03. The maximum absolute atomic E-state index is 13.2. The zero-order valence-electron chi connectivity index (χ0n) is 16.9. The predicted octanol–water partition coefficient (Wildman–Crippen LogP) is 3.58. The van der Waals surface area contributed by atoms with Gasteiger partial charge in [0.05, 0.1) is 5.92 Å². The number of nitrogens with one attached hydrogen (secondary N) is 2. The van der Waals surface area contributed by atoms with Gasteiger partial charge in [0.2, 0.25) is 5.91 Å². The van der Waals surface area contributed by atoms with Crippen LogP contribution in [0.25, 0.3) is 11.1 Å². The van der Waals surface area contributed by atoms with Crippen molar-refractivity contribution in [2.75, 3.05) is 18.5 Å². The molecule has 2 N–H and O–H groups in total. The van der Waals surface area contributed by atoms with Crippen LogP contribution in [0.2, 0.25) is 0 Å². The number of carbonyl (C=O) groups is 1. The van der Waals surface area contributed by atoms with E-state index < -0.39 is 12.1 Å². The van der Waals surface area contributed by atoms with E-state index >= 15 is 0 Å². The lowest BCUT2D eigenvalue weighted by atomic mass is 10.0. The third-order valence-electron chi connectivity index (χ3n) is 5.64. The van der Waals surface area contributed by atoms with Crippen LogP contribution in [0.4, 0.5) is 10.1 Å². The van der Waals surface area contributed by atoms with Crippen molar-refractivity contribution >= 4 is 11.6 Å². The number of piperidine rings is 1. The molecule has 3 atom stereocenters. The predicted molar refractivity (Wildman–Crippen MR) is 110 cm³/mol. The van der Waals surface area contributed by atoms with Gasteiger partial charge in [-0.2, -0.15) is 0 Å². The second kappa shape index (κ2) is 8.45. The Hall–Kier alpha value is -2.54. The summed E-state index contributed by atoms with van der Waals surface area (Å²) in [6, 6.07) is 5.87. The highest BCUT2D eigenvalue weighted by Gasteiger charge is 2.43. The lowest BCUT2D eigenvalue weighted by Gasteiger charge is -2.24. The average molecular weight is 398 g/mol. The zero-order chi connectivity index (χ0) is 20.4. The second-order valence-electron chi connectivity index (χ2n) is 7.94. The summed E-state index contributed by atoms with van der Waals surface area (Å²) in [5.74, 6) is -0.0808. The van der Waals surface area contributed by atoms with E-state index in [0.29, 0.717) is 24.8 Å². The summed E-state index contributed by atoms with van der Waals surface area (Å²) < 4.78 is 19.4. The van der Waals surface area contributed by atoms with E-state index in [0.717, 1.165) is 41.2 Å². The molecule has 2 aliphatic rings. The molecule has 1 aromatic heterocycles. The number of aromatic nitrogens is 2. The smallest absolute Gasteiger partial charge is 0.230 e. The number of carbonyl (C=O) groups excluding carboxylic acids is 1. The molecule has 154 valence electrons. The molecule has 1 amide bonds. The molecular formula is C22H27FN4O2. The number of rotatable bonds is 6. The molecule has 1 saturated heterocycles. The minimum Gasteiger partial charge on any atom is -0.491 e. The van der Waals surface area contributed by atoms with Gasteiger partial charge in [0.15, 0.2) is 0 Å². The first-order valence-corrected chi connectivity index (χ1v) is 10.3. The van der Waals surface area contributed by atoms with Crippen LogP contribution in [0.1, 0.15) is 37.1 Å². The van der Waals surface area contributed by atoms with Crippen molar-refractivity contribution in [1.82, 2.24) is 15.3 Å². The van der Waals surface area contributed by atoms with Gasteiger partial charge < -0.3 is 15.4 Å². The van der Waals surface area contributed by atoms with Gasteiger partial charge >= 0.3 is 0 Å². The number of ether oxygens (including phenoxy) is 1. The van der Waals surface area contributed by atoms with Crippen LogP contribution in [0.3, 0.4) is 0 Å². The number of amides is 1. The van der Waals surface area contributed by atoms with E-state index in [1.165, 1.54) is 12.8 Å². The Balaban J connectivity index is 1.61. The highest BCUT2D eigenvalue weighted by atomic mass is 19.1. The maximum atomic E-state index is 13.2. The van der Waals surface area contributed by atoms with E-state index in [9.17, 15) is 9.18 Å². The van der Waals surface area contributed by atoms with Gasteiger partial charge in [-0.25, -0.2) is 14.4 Å². The molecule has 1 aliphatic heterocycles. The Kier molecular flexibility index (Phi) is 5.76. The first-order chi connectivity index (χ1) is 14.0. The first-order valence-electron chi connectivity index (χ1n) is 10.3. The molecule has 1 aromatic carbocycles. The lowest BCUT2D eigenvalue weighted by molar-refractivity contribution is -0.117. The van der Waals surface area contributed by atoms with Crippen molar-refractivity contribution in [2.24, 2.45) is 5.92 Å². The van der Waals surface area contributed by atoms with Crippen molar-refractivity contribution in [3.05, 3.63) is 35.9 Å². The Morgan fingerprint density at radius 2 is 2.03 bits per heavy atom. The molecule has 7 heteroatoms. The van der Waals surface area contributed by atoms with Crippen molar-refractivity contribution in [1.29, 1.82) is 0 Å². The van der Waals surface area contributed by atoms with Crippen LogP contribution < -0.4 is 15.4 Å². The highest BCUT2D eigenvalue weighted by Crippen LogP contribution is 2.38. The minimum absolute atomic E-state index is 0.277. The molecule has 2 heterocycles. The van der Waals surface area contributed by atoms with E-state index in [4.69, 9.17) is 4.74 Å². The summed E-state index contributed by atoms with van der Waals surface area (Å²) in [4.78, 5) is 20.8. The SMILES string of the molecule is Cc1ncnc(C)c1-c1cc(NC(=O)[C@@H]2C[C@@H]2F)ccc1OC[C@H]1CCCCN1. The molecular weight excluding hydrogens is 371 g/mol. The third kappa shape index (κ3) is 4.56. The monoisotopic (exact) mass is 398 g/mol. The second-order valence-corrected chi connectivity index (χ2v) is 7.94. The molecule has 6 nitrogen and oxygen atoms in total.